The second kappa shape index (κ2) is 13.0. The Morgan fingerprint density at radius 2 is 1.82 bits per heavy atom. The molecule has 1 aromatic carbocycles. The molecule has 1 heterocycles. The highest BCUT2D eigenvalue weighted by atomic mass is 35.5. The summed E-state index contributed by atoms with van der Waals surface area (Å²) in [5, 5.41) is 5.40. The number of anilines is 1. The number of nitrogens with two attached hydrogens (primary N) is 1. The van der Waals surface area contributed by atoms with Gasteiger partial charge in [0.1, 0.15) is 0 Å². The van der Waals surface area contributed by atoms with Crippen molar-refractivity contribution in [3.8, 4) is 0 Å². The molecule has 0 radical (unpaired) electrons. The number of hydrogen-bond donors (Lipinski definition) is 3. The minimum absolute atomic E-state index is 0. The van der Waals surface area contributed by atoms with Crippen molar-refractivity contribution < 1.29 is 14.3 Å². The number of amides is 2. The van der Waals surface area contributed by atoms with E-state index in [4.69, 9.17) is 10.5 Å². The van der Waals surface area contributed by atoms with Gasteiger partial charge in [0.2, 0.25) is 11.8 Å². The number of rotatable bonds is 7. The molecule has 1 aromatic rings. The number of ether oxygens (including phenoxy) is 1. The normalized spacial score (nSPS) is 16.3. The number of carbonyl (C=O) groups excluding carboxylic acids is 2. The largest absolute Gasteiger partial charge is 0.379 e. The topological polar surface area (TPSA) is 96.7 Å². The Morgan fingerprint density at radius 1 is 1.18 bits per heavy atom. The third-order valence-electron chi connectivity index (χ3n) is 4.69. The van der Waals surface area contributed by atoms with Gasteiger partial charge in [-0.05, 0) is 30.5 Å². The maximum Gasteiger partial charge on any atom is 0.243 e. The first-order chi connectivity index (χ1) is 12.4. The SMILES string of the molecule is CC(C)[C@H](N)C(=O)NCC(=O)Nc1cccc(C(C)N2CCOCC2)c1.Cl.Cl. The molecule has 0 aliphatic carbocycles. The lowest BCUT2D eigenvalue weighted by atomic mass is 10.1. The Morgan fingerprint density at radius 3 is 2.43 bits per heavy atom. The van der Waals surface area contributed by atoms with Gasteiger partial charge in [0.25, 0.3) is 0 Å². The molecule has 28 heavy (non-hydrogen) atoms. The number of morpholine rings is 1. The van der Waals surface area contributed by atoms with Gasteiger partial charge < -0.3 is 21.1 Å². The zero-order valence-electron chi connectivity index (χ0n) is 16.6. The van der Waals surface area contributed by atoms with E-state index in [0.717, 1.165) is 37.6 Å². The van der Waals surface area contributed by atoms with Crippen LogP contribution in [-0.4, -0.2) is 55.6 Å². The number of nitrogens with one attached hydrogen (secondary N) is 2. The first-order valence-electron chi connectivity index (χ1n) is 9.13. The summed E-state index contributed by atoms with van der Waals surface area (Å²) in [4.78, 5) is 26.3. The Balaban J connectivity index is 0.00000364. The van der Waals surface area contributed by atoms with Crippen LogP contribution in [0.4, 0.5) is 5.69 Å². The molecule has 4 N–H and O–H groups in total. The van der Waals surface area contributed by atoms with Gasteiger partial charge in [-0.1, -0.05) is 26.0 Å². The molecular weight excluding hydrogens is 403 g/mol. The molecule has 0 bridgehead atoms. The molecule has 1 aliphatic rings. The summed E-state index contributed by atoms with van der Waals surface area (Å²) < 4.78 is 5.40. The van der Waals surface area contributed by atoms with Gasteiger partial charge in [0.15, 0.2) is 0 Å². The van der Waals surface area contributed by atoms with Crippen molar-refractivity contribution in [2.24, 2.45) is 11.7 Å². The molecule has 0 saturated carbocycles. The third kappa shape index (κ3) is 7.93. The van der Waals surface area contributed by atoms with E-state index >= 15 is 0 Å². The second-order valence-corrected chi connectivity index (χ2v) is 6.99. The van der Waals surface area contributed by atoms with E-state index in [2.05, 4.69) is 28.5 Å². The molecule has 1 saturated heterocycles. The van der Waals surface area contributed by atoms with Gasteiger partial charge >= 0.3 is 0 Å². The minimum atomic E-state index is -0.611. The molecular formula is C19H32Cl2N4O3. The van der Waals surface area contributed by atoms with E-state index in [1.165, 1.54) is 0 Å². The lowest BCUT2D eigenvalue weighted by molar-refractivity contribution is -0.125. The van der Waals surface area contributed by atoms with E-state index in [1.54, 1.807) is 0 Å². The predicted octanol–water partition coefficient (Wildman–Crippen LogP) is 1.96. The van der Waals surface area contributed by atoms with Crippen LogP contribution in [-0.2, 0) is 14.3 Å². The summed E-state index contributed by atoms with van der Waals surface area (Å²) in [6.45, 7) is 9.09. The highest BCUT2D eigenvalue weighted by molar-refractivity contribution is 5.95. The van der Waals surface area contributed by atoms with Crippen LogP contribution in [0.1, 0.15) is 32.4 Å². The predicted molar refractivity (Wildman–Crippen MR) is 116 cm³/mol. The maximum absolute atomic E-state index is 12.1. The standard InChI is InChI=1S/C19H30N4O3.2ClH/c1-13(2)18(20)19(25)21-12-17(24)22-16-6-4-5-15(11-16)14(3)23-7-9-26-10-8-23;;/h4-6,11,13-14,18H,7-10,12,20H2,1-3H3,(H,21,25)(H,22,24);2*1H/t14?,18-;;/m0../s1. The fourth-order valence-corrected chi connectivity index (χ4v) is 2.85. The van der Waals surface area contributed by atoms with Crippen molar-refractivity contribution in [1.82, 2.24) is 10.2 Å². The zero-order valence-corrected chi connectivity index (χ0v) is 18.3. The van der Waals surface area contributed by atoms with Crippen molar-refractivity contribution in [3.63, 3.8) is 0 Å². The fraction of sp³-hybridized carbons (Fsp3) is 0.579. The summed E-state index contributed by atoms with van der Waals surface area (Å²) >= 11 is 0. The molecule has 0 spiro atoms. The van der Waals surface area contributed by atoms with Crippen LogP contribution in [0.2, 0.25) is 0 Å². The monoisotopic (exact) mass is 434 g/mol. The lowest BCUT2D eigenvalue weighted by Gasteiger charge is -2.32. The van der Waals surface area contributed by atoms with Crippen LogP contribution in [0.5, 0.6) is 0 Å². The van der Waals surface area contributed by atoms with Gasteiger partial charge in [-0.15, -0.1) is 24.8 Å². The first-order valence-corrected chi connectivity index (χ1v) is 9.13. The smallest absolute Gasteiger partial charge is 0.243 e. The molecule has 2 rings (SSSR count). The molecule has 160 valence electrons. The molecule has 1 aliphatic heterocycles. The van der Waals surface area contributed by atoms with Crippen LogP contribution >= 0.6 is 24.8 Å². The number of nitrogens with zero attached hydrogens (tertiary/aromatic N) is 1. The van der Waals surface area contributed by atoms with Gasteiger partial charge in [-0.2, -0.15) is 0 Å². The second-order valence-electron chi connectivity index (χ2n) is 6.99. The third-order valence-corrected chi connectivity index (χ3v) is 4.69. The number of halogens is 2. The quantitative estimate of drug-likeness (QED) is 0.609. The van der Waals surface area contributed by atoms with Crippen LogP contribution in [0.15, 0.2) is 24.3 Å². The van der Waals surface area contributed by atoms with Crippen molar-refractivity contribution in [2.45, 2.75) is 32.9 Å². The van der Waals surface area contributed by atoms with Gasteiger partial charge in [0.05, 0.1) is 25.8 Å². The summed E-state index contributed by atoms with van der Waals surface area (Å²) in [5.74, 6) is -0.563. The highest BCUT2D eigenvalue weighted by Gasteiger charge is 2.19. The van der Waals surface area contributed by atoms with Gasteiger partial charge in [-0.25, -0.2) is 0 Å². The van der Waals surface area contributed by atoms with Crippen molar-refractivity contribution >= 4 is 42.3 Å². The average Bonchev–Trinajstić information content (AvgIpc) is 2.65. The molecule has 1 unspecified atom stereocenters. The Hall–Kier alpha value is -1.38. The summed E-state index contributed by atoms with van der Waals surface area (Å²) in [5.41, 5.74) is 7.62. The van der Waals surface area contributed by atoms with Crippen molar-refractivity contribution in [1.29, 1.82) is 0 Å². The Bertz CT molecular complexity index is 625. The molecule has 1 fully saturated rings. The molecule has 7 nitrogen and oxygen atoms in total. The van der Waals surface area contributed by atoms with E-state index in [9.17, 15) is 9.59 Å². The zero-order chi connectivity index (χ0) is 19.1. The van der Waals surface area contributed by atoms with Gasteiger partial charge in [0, 0.05) is 24.8 Å². The van der Waals surface area contributed by atoms with Crippen molar-refractivity contribution in [3.05, 3.63) is 29.8 Å². The summed E-state index contributed by atoms with van der Waals surface area (Å²) in [6, 6.07) is 7.43. The number of hydrogen-bond acceptors (Lipinski definition) is 5. The van der Waals surface area contributed by atoms with Crippen LogP contribution < -0.4 is 16.4 Å². The van der Waals surface area contributed by atoms with Crippen LogP contribution in [0, 0.1) is 5.92 Å². The molecule has 0 aromatic heterocycles. The highest BCUT2D eigenvalue weighted by Crippen LogP contribution is 2.23. The molecule has 2 atom stereocenters. The van der Waals surface area contributed by atoms with E-state index < -0.39 is 6.04 Å². The van der Waals surface area contributed by atoms with E-state index in [-0.39, 0.29) is 55.1 Å². The first kappa shape index (κ1) is 26.6. The Kier molecular flexibility index (Phi) is 12.3. The number of carbonyl (C=O) groups is 2. The van der Waals surface area contributed by atoms with Crippen LogP contribution in [0.25, 0.3) is 0 Å². The molecule has 2 amide bonds. The van der Waals surface area contributed by atoms with Gasteiger partial charge in [-0.3, -0.25) is 14.5 Å². The fourth-order valence-electron chi connectivity index (χ4n) is 2.85. The maximum atomic E-state index is 12.1. The number of benzene rings is 1. The van der Waals surface area contributed by atoms with Crippen molar-refractivity contribution in [2.75, 3.05) is 38.2 Å². The summed E-state index contributed by atoms with van der Waals surface area (Å²) in [6.07, 6.45) is 0. The van der Waals surface area contributed by atoms with E-state index in [1.807, 2.05) is 32.0 Å². The average molecular weight is 435 g/mol. The summed E-state index contributed by atoms with van der Waals surface area (Å²) in [7, 11) is 0. The molecule has 9 heteroatoms. The minimum Gasteiger partial charge on any atom is -0.379 e. The Labute approximate surface area is 179 Å². The van der Waals surface area contributed by atoms with Crippen LogP contribution in [0.3, 0.4) is 0 Å². The lowest BCUT2D eigenvalue weighted by Crippen LogP contribution is -2.46. The van der Waals surface area contributed by atoms with E-state index in [0.29, 0.717) is 0 Å².